The Morgan fingerprint density at radius 1 is 0.931 bits per heavy atom. The first kappa shape index (κ1) is 18.7. The second-order valence-corrected chi connectivity index (χ2v) is 6.94. The van der Waals surface area contributed by atoms with E-state index in [1.807, 2.05) is 4.90 Å². The molecule has 0 unspecified atom stereocenters. The molecule has 29 heavy (non-hydrogen) atoms. The number of nitrogens with zero attached hydrogens (tertiary/aromatic N) is 1. The van der Waals surface area contributed by atoms with Crippen molar-refractivity contribution in [1.82, 2.24) is 4.90 Å². The number of fused-ring (bicyclic) bond motifs is 1. The maximum atomic E-state index is 13.3. The molecule has 0 aromatic heterocycles. The Hall–Kier alpha value is -3.61. The van der Waals surface area contributed by atoms with E-state index >= 15 is 0 Å². The van der Waals surface area contributed by atoms with Crippen LogP contribution in [0.2, 0.25) is 0 Å². The van der Waals surface area contributed by atoms with Crippen molar-refractivity contribution in [3.05, 3.63) is 71.1 Å². The van der Waals surface area contributed by atoms with Crippen LogP contribution in [0.1, 0.15) is 33.6 Å². The van der Waals surface area contributed by atoms with Gasteiger partial charge in [-0.15, -0.1) is 0 Å². The molecule has 1 aliphatic carbocycles. The Labute approximate surface area is 168 Å². The van der Waals surface area contributed by atoms with Crippen molar-refractivity contribution in [1.29, 1.82) is 0 Å². The molecule has 2 N–H and O–H groups in total. The van der Waals surface area contributed by atoms with Crippen LogP contribution in [-0.2, 0) is 4.74 Å². The number of allylic oxidation sites excluding steroid dienone is 2. The number of Topliss-reactive ketones (excluding diaryl/α,β-unsaturated/α-hetero) is 2. The molecule has 1 fully saturated rings. The Balaban J connectivity index is 1.74. The number of anilines is 2. The SMILES string of the molecule is COC(=O)Nc1cccc(NC2=C(N3CCCC3)C(=O)c3ccccc3C2=O)c1. The van der Waals surface area contributed by atoms with Gasteiger partial charge in [-0.05, 0) is 31.0 Å². The molecular weight excluding hydrogens is 370 g/mol. The molecule has 4 rings (SSSR count). The third-order valence-electron chi connectivity index (χ3n) is 5.08. The average molecular weight is 391 g/mol. The zero-order valence-electron chi connectivity index (χ0n) is 16.0. The number of carbonyl (C=O) groups excluding carboxylic acids is 3. The molecule has 0 spiro atoms. The second-order valence-electron chi connectivity index (χ2n) is 6.94. The molecule has 0 atom stereocenters. The number of benzene rings is 2. The lowest BCUT2D eigenvalue weighted by Crippen LogP contribution is -2.35. The van der Waals surface area contributed by atoms with E-state index < -0.39 is 6.09 Å². The van der Waals surface area contributed by atoms with Crippen molar-refractivity contribution >= 4 is 29.0 Å². The van der Waals surface area contributed by atoms with Gasteiger partial charge < -0.3 is 15.0 Å². The van der Waals surface area contributed by atoms with Gasteiger partial charge in [0.15, 0.2) is 0 Å². The molecule has 1 heterocycles. The summed E-state index contributed by atoms with van der Waals surface area (Å²) < 4.78 is 4.61. The van der Waals surface area contributed by atoms with E-state index in [0.717, 1.165) is 25.9 Å². The summed E-state index contributed by atoms with van der Waals surface area (Å²) in [7, 11) is 1.29. The molecule has 148 valence electrons. The van der Waals surface area contributed by atoms with Gasteiger partial charge in [-0.2, -0.15) is 0 Å². The lowest BCUT2D eigenvalue weighted by molar-refractivity contribution is 0.0948. The van der Waals surface area contributed by atoms with Crippen LogP contribution in [0.3, 0.4) is 0 Å². The minimum Gasteiger partial charge on any atom is -0.453 e. The fourth-order valence-electron chi connectivity index (χ4n) is 3.71. The number of rotatable bonds is 4. The second kappa shape index (κ2) is 7.79. The van der Waals surface area contributed by atoms with Crippen LogP contribution in [0, 0.1) is 0 Å². The number of amides is 1. The lowest BCUT2D eigenvalue weighted by atomic mass is 9.89. The van der Waals surface area contributed by atoms with Crippen LogP contribution in [0.15, 0.2) is 59.9 Å². The van der Waals surface area contributed by atoms with Gasteiger partial charge in [-0.3, -0.25) is 14.9 Å². The summed E-state index contributed by atoms with van der Waals surface area (Å²) in [6, 6.07) is 13.8. The van der Waals surface area contributed by atoms with Crippen molar-refractivity contribution in [3.8, 4) is 0 Å². The normalized spacial score (nSPS) is 16.0. The maximum absolute atomic E-state index is 13.3. The molecular formula is C22H21N3O4. The number of carbonyl (C=O) groups is 3. The summed E-state index contributed by atoms with van der Waals surface area (Å²) >= 11 is 0. The molecule has 7 nitrogen and oxygen atoms in total. The number of methoxy groups -OCH3 is 1. The molecule has 0 saturated carbocycles. The number of ether oxygens (including phenoxy) is 1. The Morgan fingerprint density at radius 3 is 2.28 bits per heavy atom. The van der Waals surface area contributed by atoms with Gasteiger partial charge in [0.2, 0.25) is 11.6 Å². The highest BCUT2D eigenvalue weighted by molar-refractivity contribution is 6.27. The van der Waals surface area contributed by atoms with E-state index in [1.165, 1.54) is 7.11 Å². The van der Waals surface area contributed by atoms with Gasteiger partial charge in [-0.1, -0.05) is 30.3 Å². The molecule has 7 heteroatoms. The van der Waals surface area contributed by atoms with Crippen LogP contribution >= 0.6 is 0 Å². The first-order valence-corrected chi connectivity index (χ1v) is 9.48. The van der Waals surface area contributed by atoms with Crippen molar-refractivity contribution in [2.24, 2.45) is 0 Å². The number of hydrogen-bond acceptors (Lipinski definition) is 6. The number of hydrogen-bond donors (Lipinski definition) is 2. The summed E-state index contributed by atoms with van der Waals surface area (Å²) in [4.78, 5) is 39.9. The minimum atomic E-state index is -0.586. The van der Waals surface area contributed by atoms with Gasteiger partial charge >= 0.3 is 6.09 Å². The molecule has 1 aliphatic heterocycles. The minimum absolute atomic E-state index is 0.145. The highest BCUT2D eigenvalue weighted by Gasteiger charge is 2.36. The van der Waals surface area contributed by atoms with Gasteiger partial charge in [-0.25, -0.2) is 4.79 Å². The Bertz CT molecular complexity index is 1020. The van der Waals surface area contributed by atoms with Crippen LogP contribution in [0.4, 0.5) is 16.2 Å². The van der Waals surface area contributed by atoms with Gasteiger partial charge in [0.25, 0.3) is 0 Å². The van der Waals surface area contributed by atoms with E-state index in [0.29, 0.717) is 28.2 Å². The van der Waals surface area contributed by atoms with E-state index in [4.69, 9.17) is 0 Å². The van der Waals surface area contributed by atoms with E-state index in [1.54, 1.807) is 48.5 Å². The summed E-state index contributed by atoms with van der Waals surface area (Å²) in [5.41, 5.74) is 2.62. The molecule has 1 saturated heterocycles. The number of likely N-dealkylation sites (tertiary alicyclic amines) is 1. The third-order valence-corrected chi connectivity index (χ3v) is 5.08. The van der Waals surface area contributed by atoms with Gasteiger partial charge in [0.05, 0.1) is 7.11 Å². The predicted molar refractivity (Wildman–Crippen MR) is 109 cm³/mol. The molecule has 0 radical (unpaired) electrons. The molecule has 2 aliphatic rings. The summed E-state index contributed by atoms with van der Waals surface area (Å²) in [5, 5.41) is 5.73. The van der Waals surface area contributed by atoms with Gasteiger partial charge in [0, 0.05) is 35.6 Å². The smallest absolute Gasteiger partial charge is 0.411 e. The third kappa shape index (κ3) is 3.59. The zero-order valence-corrected chi connectivity index (χ0v) is 16.0. The number of nitrogens with one attached hydrogen (secondary N) is 2. The summed E-state index contributed by atoms with van der Waals surface area (Å²) in [6.07, 6.45) is 1.38. The van der Waals surface area contributed by atoms with Crippen molar-refractivity contribution in [3.63, 3.8) is 0 Å². The van der Waals surface area contributed by atoms with E-state index in [9.17, 15) is 14.4 Å². The highest BCUT2D eigenvalue weighted by Crippen LogP contribution is 2.31. The Morgan fingerprint density at radius 2 is 1.59 bits per heavy atom. The average Bonchev–Trinajstić information content (AvgIpc) is 3.26. The lowest BCUT2D eigenvalue weighted by Gasteiger charge is -2.28. The van der Waals surface area contributed by atoms with E-state index in [-0.39, 0.29) is 17.3 Å². The number of ketones is 2. The van der Waals surface area contributed by atoms with Crippen molar-refractivity contribution in [2.45, 2.75) is 12.8 Å². The van der Waals surface area contributed by atoms with Crippen molar-refractivity contribution in [2.75, 3.05) is 30.8 Å². The van der Waals surface area contributed by atoms with Crippen LogP contribution in [-0.4, -0.2) is 42.8 Å². The molecule has 1 amide bonds. The first-order valence-electron chi connectivity index (χ1n) is 9.48. The van der Waals surface area contributed by atoms with Crippen LogP contribution in [0.5, 0.6) is 0 Å². The molecule has 0 bridgehead atoms. The van der Waals surface area contributed by atoms with Crippen LogP contribution < -0.4 is 10.6 Å². The Kier molecular flexibility index (Phi) is 5.03. The topological polar surface area (TPSA) is 87.7 Å². The first-order chi connectivity index (χ1) is 14.1. The van der Waals surface area contributed by atoms with E-state index in [2.05, 4.69) is 15.4 Å². The monoisotopic (exact) mass is 391 g/mol. The molecule has 2 aromatic carbocycles. The summed E-state index contributed by atoms with van der Waals surface area (Å²) in [5.74, 6) is -0.359. The predicted octanol–water partition coefficient (Wildman–Crippen LogP) is 3.66. The van der Waals surface area contributed by atoms with Crippen molar-refractivity contribution < 1.29 is 19.1 Å². The largest absolute Gasteiger partial charge is 0.453 e. The summed E-state index contributed by atoms with van der Waals surface area (Å²) in [6.45, 7) is 1.48. The fourth-order valence-corrected chi connectivity index (χ4v) is 3.71. The quantitative estimate of drug-likeness (QED) is 0.827. The van der Waals surface area contributed by atoms with Gasteiger partial charge in [0.1, 0.15) is 11.4 Å². The molecule has 2 aromatic rings. The maximum Gasteiger partial charge on any atom is 0.411 e. The highest BCUT2D eigenvalue weighted by atomic mass is 16.5. The van der Waals surface area contributed by atoms with Crippen LogP contribution in [0.25, 0.3) is 0 Å². The fraction of sp³-hybridized carbons (Fsp3) is 0.227. The zero-order chi connectivity index (χ0) is 20.4. The standard InChI is InChI=1S/C22H21N3O4/c1-29-22(28)24-15-8-6-7-14(13-15)23-18-19(25-11-4-5-12-25)21(27)17-10-3-2-9-16(17)20(18)26/h2-3,6-10,13,23H,4-5,11-12H2,1H3,(H,24,28).